The molecule has 0 fully saturated rings. The summed E-state index contributed by atoms with van der Waals surface area (Å²) in [7, 11) is 0. The van der Waals surface area contributed by atoms with Gasteiger partial charge >= 0.3 is 0 Å². The van der Waals surface area contributed by atoms with Crippen molar-refractivity contribution in [1.82, 2.24) is 20.2 Å². The first kappa shape index (κ1) is 11.0. The standard InChI is InChI=1S/C13H10N4S/c1-3-7-11(8-4-1)17-13(14-15-16-17)18-12-9-5-2-6-10-12/h1-10H. The summed E-state index contributed by atoms with van der Waals surface area (Å²) in [5.74, 6) is 0. The highest BCUT2D eigenvalue weighted by atomic mass is 32.2. The first-order valence-electron chi connectivity index (χ1n) is 5.50. The number of rotatable bonds is 3. The lowest BCUT2D eigenvalue weighted by Crippen LogP contribution is -1.98. The van der Waals surface area contributed by atoms with Crippen LogP contribution in [0.4, 0.5) is 0 Å². The summed E-state index contributed by atoms with van der Waals surface area (Å²) in [6.45, 7) is 0. The Morgan fingerprint density at radius 2 is 1.50 bits per heavy atom. The predicted molar refractivity (Wildman–Crippen MR) is 69.7 cm³/mol. The van der Waals surface area contributed by atoms with Gasteiger partial charge in [0.25, 0.3) is 0 Å². The summed E-state index contributed by atoms with van der Waals surface area (Å²) >= 11 is 1.54. The SMILES string of the molecule is c1ccc(Sc2nnnn2-c2ccccc2)cc1. The molecule has 0 saturated heterocycles. The number of aromatic nitrogens is 4. The molecule has 0 amide bonds. The van der Waals surface area contributed by atoms with Crippen LogP contribution in [0.3, 0.4) is 0 Å². The van der Waals surface area contributed by atoms with Crippen molar-refractivity contribution >= 4 is 11.8 Å². The molecule has 0 N–H and O–H groups in total. The number of nitrogens with zero attached hydrogens (tertiary/aromatic N) is 4. The van der Waals surface area contributed by atoms with Crippen LogP contribution in [0.25, 0.3) is 5.69 Å². The normalized spacial score (nSPS) is 10.4. The minimum absolute atomic E-state index is 0.757. The molecule has 3 aromatic rings. The van der Waals surface area contributed by atoms with Gasteiger partial charge in [-0.2, -0.15) is 4.68 Å². The van der Waals surface area contributed by atoms with Crippen LogP contribution in [-0.4, -0.2) is 20.2 Å². The monoisotopic (exact) mass is 254 g/mol. The molecule has 18 heavy (non-hydrogen) atoms. The van der Waals surface area contributed by atoms with E-state index in [2.05, 4.69) is 15.5 Å². The molecule has 0 saturated carbocycles. The van der Waals surface area contributed by atoms with Gasteiger partial charge in [-0.3, -0.25) is 0 Å². The molecule has 0 aliphatic rings. The molecule has 0 spiro atoms. The predicted octanol–water partition coefficient (Wildman–Crippen LogP) is 2.81. The third kappa shape index (κ3) is 2.26. The molecule has 0 aliphatic carbocycles. The van der Waals surface area contributed by atoms with E-state index in [-0.39, 0.29) is 0 Å². The second-order valence-electron chi connectivity index (χ2n) is 3.62. The molecular formula is C13H10N4S. The Hall–Kier alpha value is -2.14. The molecule has 4 nitrogen and oxygen atoms in total. The van der Waals surface area contributed by atoms with Gasteiger partial charge in [0.15, 0.2) is 0 Å². The molecule has 3 rings (SSSR count). The summed E-state index contributed by atoms with van der Waals surface area (Å²) in [6.07, 6.45) is 0. The van der Waals surface area contributed by atoms with Crippen molar-refractivity contribution in [3.05, 3.63) is 60.7 Å². The van der Waals surface area contributed by atoms with E-state index >= 15 is 0 Å². The van der Waals surface area contributed by atoms with Crippen LogP contribution >= 0.6 is 11.8 Å². The quantitative estimate of drug-likeness (QED) is 0.721. The largest absolute Gasteiger partial charge is 0.218 e. The second kappa shape index (κ2) is 5.01. The van der Waals surface area contributed by atoms with Crippen LogP contribution in [-0.2, 0) is 0 Å². The molecule has 2 aromatic carbocycles. The van der Waals surface area contributed by atoms with Gasteiger partial charge in [-0.1, -0.05) is 36.4 Å². The van der Waals surface area contributed by atoms with Gasteiger partial charge in [0.05, 0.1) is 5.69 Å². The van der Waals surface area contributed by atoms with E-state index in [1.54, 1.807) is 16.4 Å². The fraction of sp³-hybridized carbons (Fsp3) is 0. The fourth-order valence-corrected chi connectivity index (χ4v) is 2.38. The van der Waals surface area contributed by atoms with Crippen molar-refractivity contribution in [1.29, 1.82) is 0 Å². The molecule has 5 heteroatoms. The van der Waals surface area contributed by atoms with Gasteiger partial charge in [-0.05, 0) is 46.5 Å². The average Bonchev–Trinajstić information content (AvgIpc) is 2.89. The van der Waals surface area contributed by atoms with E-state index in [1.165, 1.54) is 0 Å². The van der Waals surface area contributed by atoms with Crippen molar-refractivity contribution in [2.24, 2.45) is 0 Å². The summed E-state index contributed by atoms with van der Waals surface area (Å²) in [5, 5.41) is 12.6. The Labute approximate surface area is 109 Å². The third-order valence-electron chi connectivity index (χ3n) is 2.39. The maximum Gasteiger partial charge on any atom is 0.218 e. The summed E-state index contributed by atoms with van der Waals surface area (Å²) < 4.78 is 1.73. The van der Waals surface area contributed by atoms with Crippen molar-refractivity contribution in [3.8, 4) is 5.69 Å². The van der Waals surface area contributed by atoms with E-state index < -0.39 is 0 Å². The lowest BCUT2D eigenvalue weighted by Gasteiger charge is -2.03. The molecule has 0 unspecified atom stereocenters. The van der Waals surface area contributed by atoms with E-state index in [0.717, 1.165) is 15.7 Å². The number of tetrazole rings is 1. The van der Waals surface area contributed by atoms with Crippen LogP contribution in [0.5, 0.6) is 0 Å². The highest BCUT2D eigenvalue weighted by Gasteiger charge is 2.09. The number of benzene rings is 2. The zero-order valence-electron chi connectivity index (χ0n) is 9.47. The zero-order chi connectivity index (χ0) is 12.2. The van der Waals surface area contributed by atoms with Crippen LogP contribution in [0.2, 0.25) is 0 Å². The molecule has 0 atom stereocenters. The molecule has 1 heterocycles. The maximum atomic E-state index is 4.05. The Morgan fingerprint density at radius 3 is 2.22 bits per heavy atom. The van der Waals surface area contributed by atoms with E-state index in [1.807, 2.05) is 60.7 Å². The number of hydrogen-bond donors (Lipinski definition) is 0. The van der Waals surface area contributed by atoms with Crippen LogP contribution in [0.15, 0.2) is 70.7 Å². The van der Waals surface area contributed by atoms with Gasteiger partial charge in [-0.15, -0.1) is 5.10 Å². The van der Waals surface area contributed by atoms with Crippen molar-refractivity contribution < 1.29 is 0 Å². The van der Waals surface area contributed by atoms with Crippen LogP contribution in [0.1, 0.15) is 0 Å². The molecular weight excluding hydrogens is 244 g/mol. The third-order valence-corrected chi connectivity index (χ3v) is 3.34. The number of para-hydroxylation sites is 1. The van der Waals surface area contributed by atoms with Gasteiger partial charge < -0.3 is 0 Å². The molecule has 0 radical (unpaired) electrons. The Kier molecular flexibility index (Phi) is 3.06. The molecule has 0 aliphatic heterocycles. The summed E-state index contributed by atoms with van der Waals surface area (Å²) in [4.78, 5) is 1.12. The van der Waals surface area contributed by atoms with Gasteiger partial charge in [0, 0.05) is 4.90 Å². The lowest BCUT2D eigenvalue weighted by atomic mass is 10.3. The summed E-state index contributed by atoms with van der Waals surface area (Å²) in [5.41, 5.74) is 0.959. The van der Waals surface area contributed by atoms with Crippen LogP contribution in [0, 0.1) is 0 Å². The van der Waals surface area contributed by atoms with E-state index in [0.29, 0.717) is 0 Å². The van der Waals surface area contributed by atoms with Gasteiger partial charge in [-0.25, -0.2) is 0 Å². The van der Waals surface area contributed by atoms with E-state index in [9.17, 15) is 0 Å². The highest BCUT2D eigenvalue weighted by molar-refractivity contribution is 7.99. The van der Waals surface area contributed by atoms with Crippen LogP contribution < -0.4 is 0 Å². The Bertz CT molecular complexity index is 622. The Morgan fingerprint density at radius 1 is 0.833 bits per heavy atom. The minimum Gasteiger partial charge on any atom is -0.187 e. The van der Waals surface area contributed by atoms with Crippen molar-refractivity contribution in [2.45, 2.75) is 10.1 Å². The Balaban J connectivity index is 1.93. The maximum absolute atomic E-state index is 4.05. The zero-order valence-corrected chi connectivity index (χ0v) is 10.3. The molecule has 88 valence electrons. The lowest BCUT2D eigenvalue weighted by molar-refractivity contribution is 0.756. The van der Waals surface area contributed by atoms with Crippen molar-refractivity contribution in [3.63, 3.8) is 0 Å². The van der Waals surface area contributed by atoms with E-state index in [4.69, 9.17) is 0 Å². The average molecular weight is 254 g/mol. The smallest absolute Gasteiger partial charge is 0.187 e. The highest BCUT2D eigenvalue weighted by Crippen LogP contribution is 2.26. The topological polar surface area (TPSA) is 43.6 Å². The van der Waals surface area contributed by atoms with Crippen molar-refractivity contribution in [2.75, 3.05) is 0 Å². The first-order chi connectivity index (χ1) is 8.93. The fourth-order valence-electron chi connectivity index (χ4n) is 1.57. The second-order valence-corrected chi connectivity index (χ2v) is 4.66. The number of hydrogen-bond acceptors (Lipinski definition) is 4. The summed E-state index contributed by atoms with van der Waals surface area (Å²) in [6, 6.07) is 19.9. The van der Waals surface area contributed by atoms with Gasteiger partial charge in [0.1, 0.15) is 0 Å². The first-order valence-corrected chi connectivity index (χ1v) is 6.32. The minimum atomic E-state index is 0.757. The molecule has 0 bridgehead atoms. The van der Waals surface area contributed by atoms with Gasteiger partial charge in [0.2, 0.25) is 5.16 Å². The molecule has 1 aromatic heterocycles.